The molecule has 0 bridgehead atoms. The number of anilines is 2. The van der Waals surface area contributed by atoms with Gasteiger partial charge in [-0.3, -0.25) is 9.52 Å². The Bertz CT molecular complexity index is 1180. The second-order valence-corrected chi connectivity index (χ2v) is 8.21. The van der Waals surface area contributed by atoms with Crippen LogP contribution in [0.1, 0.15) is 23.7 Å². The first-order valence-electron chi connectivity index (χ1n) is 8.43. The molecule has 12 heteroatoms. The van der Waals surface area contributed by atoms with E-state index in [1.807, 2.05) is 0 Å². The average molecular weight is 442 g/mol. The molecule has 9 nitrogen and oxygen atoms in total. The number of carbonyl (C=O) groups excluding carboxylic acids is 1. The van der Waals surface area contributed by atoms with E-state index in [-0.39, 0.29) is 22.2 Å². The van der Waals surface area contributed by atoms with Gasteiger partial charge in [0.2, 0.25) is 15.9 Å². The van der Waals surface area contributed by atoms with Crippen LogP contribution in [0.2, 0.25) is 5.02 Å². The monoisotopic (exact) mass is 441 g/mol. The number of nitrogens with one attached hydrogen (secondary N) is 2. The SMILES string of the molecule is CCCS(=O)(=O)Nc1ccc(F)c(C(=O)Nc2cnc3cc(OC)nn3c2)c1Cl. The third kappa shape index (κ3) is 4.57. The topological polar surface area (TPSA) is 115 Å². The van der Waals surface area contributed by atoms with E-state index in [1.165, 1.54) is 24.0 Å². The maximum atomic E-state index is 14.3. The standard InChI is InChI=1S/C17H17ClFN5O4S/c1-3-6-29(26,27)23-12-5-4-11(19)15(16(12)18)17(25)21-10-8-20-13-7-14(28-2)22-24(13)9-10/h4-5,7-9,23H,3,6H2,1-2H3,(H,21,25). The predicted molar refractivity (Wildman–Crippen MR) is 107 cm³/mol. The second kappa shape index (κ2) is 8.21. The summed E-state index contributed by atoms with van der Waals surface area (Å²) >= 11 is 6.12. The highest BCUT2D eigenvalue weighted by molar-refractivity contribution is 7.92. The molecule has 3 rings (SSSR count). The van der Waals surface area contributed by atoms with Crippen LogP contribution >= 0.6 is 11.6 Å². The van der Waals surface area contributed by atoms with E-state index < -0.39 is 27.3 Å². The molecular formula is C17H17ClFN5O4S. The number of nitrogens with zero attached hydrogens (tertiary/aromatic N) is 3. The summed E-state index contributed by atoms with van der Waals surface area (Å²) < 4.78 is 46.9. The van der Waals surface area contributed by atoms with Gasteiger partial charge in [-0.05, 0) is 18.6 Å². The molecule has 3 aromatic rings. The van der Waals surface area contributed by atoms with E-state index in [0.717, 1.165) is 12.1 Å². The maximum absolute atomic E-state index is 14.3. The molecule has 0 atom stereocenters. The number of hydrogen-bond acceptors (Lipinski definition) is 6. The molecule has 0 aliphatic rings. The summed E-state index contributed by atoms with van der Waals surface area (Å²) in [5.74, 6) is -1.58. The number of hydrogen-bond donors (Lipinski definition) is 2. The van der Waals surface area contributed by atoms with E-state index in [0.29, 0.717) is 17.9 Å². The van der Waals surface area contributed by atoms with Gasteiger partial charge in [0.1, 0.15) is 5.82 Å². The fraction of sp³-hybridized carbons (Fsp3) is 0.235. The van der Waals surface area contributed by atoms with Gasteiger partial charge in [-0.2, -0.15) is 0 Å². The first-order valence-corrected chi connectivity index (χ1v) is 10.5. The molecule has 0 saturated carbocycles. The third-order valence-electron chi connectivity index (χ3n) is 3.81. The van der Waals surface area contributed by atoms with Crippen molar-refractivity contribution in [3.8, 4) is 5.88 Å². The highest BCUT2D eigenvalue weighted by Crippen LogP contribution is 2.30. The van der Waals surface area contributed by atoms with Crippen LogP contribution in [0.3, 0.4) is 0 Å². The van der Waals surface area contributed by atoms with Crippen molar-refractivity contribution >= 4 is 44.6 Å². The molecular weight excluding hydrogens is 425 g/mol. The Labute approximate surface area is 170 Å². The van der Waals surface area contributed by atoms with Gasteiger partial charge in [0, 0.05) is 6.07 Å². The lowest BCUT2D eigenvalue weighted by Crippen LogP contribution is -2.19. The molecule has 2 heterocycles. The third-order valence-corrected chi connectivity index (χ3v) is 5.68. The first-order chi connectivity index (χ1) is 13.7. The summed E-state index contributed by atoms with van der Waals surface area (Å²) in [5, 5.41) is 6.20. The zero-order chi connectivity index (χ0) is 21.2. The Morgan fingerprint density at radius 2 is 2.14 bits per heavy atom. The molecule has 0 aliphatic heterocycles. The molecule has 1 aromatic carbocycles. The summed E-state index contributed by atoms with van der Waals surface area (Å²) in [6, 6.07) is 3.71. The number of methoxy groups -OCH3 is 1. The van der Waals surface area contributed by atoms with Gasteiger partial charge in [0.05, 0.1) is 47.2 Å². The Morgan fingerprint density at radius 1 is 1.38 bits per heavy atom. The summed E-state index contributed by atoms with van der Waals surface area (Å²) in [5.41, 5.74) is 0.121. The van der Waals surface area contributed by atoms with Crippen LogP contribution in [0.4, 0.5) is 15.8 Å². The van der Waals surface area contributed by atoms with Gasteiger partial charge in [0.25, 0.3) is 5.91 Å². The van der Waals surface area contributed by atoms with Crippen molar-refractivity contribution in [1.82, 2.24) is 14.6 Å². The largest absolute Gasteiger partial charge is 0.480 e. The maximum Gasteiger partial charge on any atom is 0.260 e. The molecule has 0 spiro atoms. The van der Waals surface area contributed by atoms with E-state index in [1.54, 1.807) is 13.0 Å². The Kier molecular flexibility index (Phi) is 5.89. The quantitative estimate of drug-likeness (QED) is 0.582. The summed E-state index contributed by atoms with van der Waals surface area (Å²) in [7, 11) is -2.21. The van der Waals surface area contributed by atoms with Crippen molar-refractivity contribution in [3.05, 3.63) is 47.0 Å². The Morgan fingerprint density at radius 3 is 2.83 bits per heavy atom. The van der Waals surface area contributed by atoms with Crippen molar-refractivity contribution < 1.29 is 22.3 Å². The minimum atomic E-state index is -3.67. The fourth-order valence-electron chi connectivity index (χ4n) is 2.54. The van der Waals surface area contributed by atoms with Crippen molar-refractivity contribution in [2.45, 2.75) is 13.3 Å². The first kappa shape index (κ1) is 20.8. The normalized spacial score (nSPS) is 11.4. The number of rotatable bonds is 7. The number of benzene rings is 1. The Balaban J connectivity index is 1.89. The molecule has 0 unspecified atom stereocenters. The van der Waals surface area contributed by atoms with Crippen LogP contribution in [0.25, 0.3) is 5.65 Å². The second-order valence-electron chi connectivity index (χ2n) is 5.99. The summed E-state index contributed by atoms with van der Waals surface area (Å²) in [6.07, 6.45) is 3.20. The lowest BCUT2D eigenvalue weighted by Gasteiger charge is -2.13. The van der Waals surface area contributed by atoms with E-state index in [2.05, 4.69) is 20.1 Å². The van der Waals surface area contributed by atoms with Crippen molar-refractivity contribution in [3.63, 3.8) is 0 Å². The fourth-order valence-corrected chi connectivity index (χ4v) is 4.03. The molecule has 0 radical (unpaired) electrons. The van der Waals surface area contributed by atoms with Crippen LogP contribution in [0, 0.1) is 5.82 Å². The zero-order valence-corrected chi connectivity index (χ0v) is 17.0. The lowest BCUT2D eigenvalue weighted by atomic mass is 10.1. The van der Waals surface area contributed by atoms with Crippen LogP contribution in [0.5, 0.6) is 5.88 Å². The molecule has 154 valence electrons. The smallest absolute Gasteiger partial charge is 0.260 e. The van der Waals surface area contributed by atoms with Gasteiger partial charge in [-0.1, -0.05) is 18.5 Å². The van der Waals surface area contributed by atoms with Crippen LogP contribution in [-0.2, 0) is 10.0 Å². The van der Waals surface area contributed by atoms with Gasteiger partial charge in [-0.15, -0.1) is 5.10 Å². The molecule has 0 fully saturated rings. The average Bonchev–Trinajstić information content (AvgIpc) is 3.06. The number of aromatic nitrogens is 3. The summed E-state index contributed by atoms with van der Waals surface area (Å²) in [4.78, 5) is 16.7. The van der Waals surface area contributed by atoms with Gasteiger partial charge in [0.15, 0.2) is 5.65 Å². The minimum absolute atomic E-state index is 0.0861. The number of ether oxygens (including phenoxy) is 1. The molecule has 0 aliphatic carbocycles. The van der Waals surface area contributed by atoms with Gasteiger partial charge < -0.3 is 10.1 Å². The molecule has 0 saturated heterocycles. The minimum Gasteiger partial charge on any atom is -0.480 e. The number of amides is 1. The highest BCUT2D eigenvalue weighted by Gasteiger charge is 2.22. The van der Waals surface area contributed by atoms with Crippen molar-refractivity contribution in [1.29, 1.82) is 0 Å². The van der Waals surface area contributed by atoms with Crippen LogP contribution in [0.15, 0.2) is 30.6 Å². The van der Waals surface area contributed by atoms with Gasteiger partial charge >= 0.3 is 0 Å². The Hall–Kier alpha value is -2.92. The molecule has 2 N–H and O–H groups in total. The molecule has 2 aromatic heterocycles. The highest BCUT2D eigenvalue weighted by atomic mass is 35.5. The number of carbonyl (C=O) groups is 1. The van der Waals surface area contributed by atoms with Crippen molar-refractivity contribution in [2.24, 2.45) is 0 Å². The zero-order valence-electron chi connectivity index (χ0n) is 15.4. The van der Waals surface area contributed by atoms with Crippen LogP contribution in [-0.4, -0.2) is 41.8 Å². The molecule has 1 amide bonds. The lowest BCUT2D eigenvalue weighted by molar-refractivity contribution is 0.102. The number of fused-ring (bicyclic) bond motifs is 1. The number of halogens is 2. The van der Waals surface area contributed by atoms with E-state index >= 15 is 0 Å². The summed E-state index contributed by atoms with van der Waals surface area (Å²) in [6.45, 7) is 1.70. The molecule has 29 heavy (non-hydrogen) atoms. The van der Waals surface area contributed by atoms with Gasteiger partial charge in [-0.25, -0.2) is 22.3 Å². The van der Waals surface area contributed by atoms with Crippen molar-refractivity contribution in [2.75, 3.05) is 22.9 Å². The van der Waals surface area contributed by atoms with Crippen LogP contribution < -0.4 is 14.8 Å². The predicted octanol–water partition coefficient (Wildman–Crippen LogP) is 2.93. The van der Waals surface area contributed by atoms with E-state index in [4.69, 9.17) is 16.3 Å². The number of sulfonamides is 1. The van der Waals surface area contributed by atoms with E-state index in [9.17, 15) is 17.6 Å².